The number of hydrogen-bond donors (Lipinski definition) is 1. The quantitative estimate of drug-likeness (QED) is 0.451. The zero-order valence-corrected chi connectivity index (χ0v) is 8.64. The smallest absolute Gasteiger partial charge is 0.0733 e. The van der Waals surface area contributed by atoms with Crippen LogP contribution in [-0.4, -0.2) is 24.5 Å². The molecule has 0 atom stereocenters. The zero-order chi connectivity index (χ0) is 10.4. The van der Waals surface area contributed by atoms with Gasteiger partial charge in [0.05, 0.1) is 6.21 Å². The second kappa shape index (κ2) is 5.27. The summed E-state index contributed by atoms with van der Waals surface area (Å²) in [4.78, 5) is 2.26. The van der Waals surface area contributed by atoms with Gasteiger partial charge in [-0.2, -0.15) is 0 Å². The molecule has 0 radical (unpaired) electrons. The Morgan fingerprint density at radius 3 is 2.21 bits per heavy atom. The van der Waals surface area contributed by atoms with E-state index < -0.39 is 0 Å². The first-order valence-electron chi connectivity index (χ1n) is 4.84. The van der Waals surface area contributed by atoms with Crippen LogP contribution in [0.2, 0.25) is 0 Å². The molecule has 0 aliphatic heterocycles. The topological polar surface area (TPSA) is 35.8 Å². The van der Waals surface area contributed by atoms with Crippen LogP contribution in [0, 0.1) is 0 Å². The lowest BCUT2D eigenvalue weighted by molar-refractivity contribution is 0.322. The highest BCUT2D eigenvalue weighted by Crippen LogP contribution is 2.13. The van der Waals surface area contributed by atoms with Gasteiger partial charge in [0, 0.05) is 18.8 Å². The first-order valence-corrected chi connectivity index (χ1v) is 4.84. The Balaban J connectivity index is 2.81. The summed E-state index contributed by atoms with van der Waals surface area (Å²) in [5, 5.41) is 11.3. The van der Waals surface area contributed by atoms with Gasteiger partial charge < -0.3 is 10.1 Å². The Labute approximate surface area is 84.7 Å². The second-order valence-electron chi connectivity index (χ2n) is 3.01. The van der Waals surface area contributed by atoms with Crippen LogP contribution < -0.4 is 4.90 Å². The molecule has 0 heterocycles. The summed E-state index contributed by atoms with van der Waals surface area (Å²) in [7, 11) is 0. The predicted octanol–water partition coefficient (Wildman–Crippen LogP) is 2.34. The predicted molar refractivity (Wildman–Crippen MR) is 59.4 cm³/mol. The van der Waals surface area contributed by atoms with Gasteiger partial charge in [-0.15, -0.1) is 0 Å². The van der Waals surface area contributed by atoms with Crippen molar-refractivity contribution in [1.82, 2.24) is 0 Å². The Kier molecular flexibility index (Phi) is 3.98. The number of hydrogen-bond acceptors (Lipinski definition) is 3. The number of anilines is 1. The minimum Gasteiger partial charge on any atom is -0.411 e. The highest BCUT2D eigenvalue weighted by atomic mass is 16.4. The third kappa shape index (κ3) is 2.49. The average molecular weight is 192 g/mol. The van der Waals surface area contributed by atoms with E-state index in [0.29, 0.717) is 0 Å². The molecule has 0 bridgehead atoms. The molecule has 0 fully saturated rings. The highest BCUT2D eigenvalue weighted by Gasteiger charge is 1.99. The van der Waals surface area contributed by atoms with Crippen molar-refractivity contribution in [1.29, 1.82) is 0 Å². The molecule has 0 aromatic heterocycles. The van der Waals surface area contributed by atoms with Gasteiger partial charge in [0.2, 0.25) is 0 Å². The molecule has 14 heavy (non-hydrogen) atoms. The summed E-state index contributed by atoms with van der Waals surface area (Å²) >= 11 is 0. The summed E-state index contributed by atoms with van der Waals surface area (Å²) in [6.07, 6.45) is 1.42. The summed E-state index contributed by atoms with van der Waals surface area (Å²) in [5.41, 5.74) is 2.11. The molecule has 1 N–H and O–H groups in total. The monoisotopic (exact) mass is 192 g/mol. The third-order valence-electron chi connectivity index (χ3n) is 2.23. The van der Waals surface area contributed by atoms with Crippen molar-refractivity contribution in [3.05, 3.63) is 29.8 Å². The molecule has 3 heteroatoms. The van der Waals surface area contributed by atoms with E-state index in [2.05, 4.69) is 23.9 Å². The molecule has 0 unspecified atom stereocenters. The van der Waals surface area contributed by atoms with Gasteiger partial charge >= 0.3 is 0 Å². The molecular formula is C11H16N2O. The van der Waals surface area contributed by atoms with Crippen LogP contribution in [0.1, 0.15) is 19.4 Å². The normalized spacial score (nSPS) is 10.7. The third-order valence-corrected chi connectivity index (χ3v) is 2.23. The Morgan fingerprint density at radius 2 is 1.79 bits per heavy atom. The fraction of sp³-hybridized carbons (Fsp3) is 0.364. The molecule has 76 valence electrons. The van der Waals surface area contributed by atoms with Gasteiger partial charge in [-0.05, 0) is 31.5 Å². The average Bonchev–Trinajstić information content (AvgIpc) is 2.23. The van der Waals surface area contributed by atoms with E-state index in [1.807, 2.05) is 24.3 Å². The van der Waals surface area contributed by atoms with E-state index >= 15 is 0 Å². The largest absolute Gasteiger partial charge is 0.411 e. The molecule has 1 aromatic carbocycles. The molecule has 3 nitrogen and oxygen atoms in total. The van der Waals surface area contributed by atoms with E-state index in [-0.39, 0.29) is 0 Å². The maximum absolute atomic E-state index is 8.35. The van der Waals surface area contributed by atoms with Crippen molar-refractivity contribution in [2.45, 2.75) is 13.8 Å². The van der Waals surface area contributed by atoms with Crippen LogP contribution in [0.4, 0.5) is 5.69 Å². The molecule has 1 rings (SSSR count). The lowest BCUT2D eigenvalue weighted by atomic mass is 10.2. The molecule has 0 saturated heterocycles. The zero-order valence-electron chi connectivity index (χ0n) is 8.64. The van der Waals surface area contributed by atoms with E-state index in [9.17, 15) is 0 Å². The van der Waals surface area contributed by atoms with Crippen molar-refractivity contribution < 1.29 is 5.21 Å². The molecule has 0 amide bonds. The fourth-order valence-electron chi connectivity index (χ4n) is 1.43. The molecular weight excluding hydrogens is 176 g/mol. The minimum atomic E-state index is 0.906. The van der Waals surface area contributed by atoms with Gasteiger partial charge in [-0.1, -0.05) is 17.3 Å². The van der Waals surface area contributed by atoms with Gasteiger partial charge in [-0.25, -0.2) is 0 Å². The molecule has 1 aromatic rings. The van der Waals surface area contributed by atoms with Crippen molar-refractivity contribution in [3.63, 3.8) is 0 Å². The fourth-order valence-corrected chi connectivity index (χ4v) is 1.43. The molecule has 0 aliphatic carbocycles. The number of rotatable bonds is 4. The van der Waals surface area contributed by atoms with Crippen LogP contribution in [-0.2, 0) is 0 Å². The van der Waals surface area contributed by atoms with Crippen molar-refractivity contribution in [2.24, 2.45) is 5.16 Å². The lowest BCUT2D eigenvalue weighted by Gasteiger charge is -2.20. The van der Waals surface area contributed by atoms with E-state index in [0.717, 1.165) is 18.7 Å². The van der Waals surface area contributed by atoms with Gasteiger partial charge in [0.1, 0.15) is 0 Å². The number of benzene rings is 1. The first-order chi connectivity index (χ1) is 6.81. The van der Waals surface area contributed by atoms with Crippen molar-refractivity contribution in [2.75, 3.05) is 18.0 Å². The Bertz CT molecular complexity index is 289. The SMILES string of the molecule is CCN(CC)c1ccc(C=NO)cc1. The maximum atomic E-state index is 8.35. The Hall–Kier alpha value is -1.51. The van der Waals surface area contributed by atoms with Crippen LogP contribution in [0.5, 0.6) is 0 Å². The molecule has 0 saturated carbocycles. The van der Waals surface area contributed by atoms with Crippen LogP contribution in [0.25, 0.3) is 0 Å². The maximum Gasteiger partial charge on any atom is 0.0733 e. The summed E-state index contributed by atoms with van der Waals surface area (Å²) in [6, 6.07) is 7.94. The number of nitrogens with zero attached hydrogens (tertiary/aromatic N) is 2. The minimum absolute atomic E-state index is 0.906. The molecule has 0 aliphatic rings. The van der Waals surface area contributed by atoms with Crippen molar-refractivity contribution in [3.8, 4) is 0 Å². The number of oxime groups is 1. The summed E-state index contributed by atoms with van der Waals surface area (Å²) in [6.45, 7) is 6.27. The van der Waals surface area contributed by atoms with Crippen molar-refractivity contribution >= 4 is 11.9 Å². The van der Waals surface area contributed by atoms with E-state index in [1.54, 1.807) is 0 Å². The highest BCUT2D eigenvalue weighted by molar-refractivity contribution is 5.79. The van der Waals surface area contributed by atoms with E-state index in [1.165, 1.54) is 11.9 Å². The Morgan fingerprint density at radius 1 is 1.21 bits per heavy atom. The lowest BCUT2D eigenvalue weighted by Crippen LogP contribution is -2.21. The summed E-state index contributed by atoms with van der Waals surface area (Å²) in [5.74, 6) is 0. The standard InChI is InChI=1S/C11H16N2O/c1-3-13(4-2)11-7-5-10(6-8-11)9-12-14/h5-9,14H,3-4H2,1-2H3. The van der Waals surface area contributed by atoms with Crippen LogP contribution in [0.15, 0.2) is 29.4 Å². The van der Waals surface area contributed by atoms with Crippen LogP contribution in [0.3, 0.4) is 0 Å². The second-order valence-corrected chi connectivity index (χ2v) is 3.01. The summed E-state index contributed by atoms with van der Waals surface area (Å²) < 4.78 is 0. The van der Waals surface area contributed by atoms with Gasteiger partial charge in [0.25, 0.3) is 0 Å². The van der Waals surface area contributed by atoms with E-state index in [4.69, 9.17) is 5.21 Å². The molecule has 0 spiro atoms. The van der Waals surface area contributed by atoms with Crippen LogP contribution >= 0.6 is 0 Å². The van der Waals surface area contributed by atoms with Gasteiger partial charge in [-0.3, -0.25) is 0 Å². The first kappa shape index (κ1) is 10.6. The van der Waals surface area contributed by atoms with Gasteiger partial charge in [0.15, 0.2) is 0 Å².